The van der Waals surface area contributed by atoms with E-state index in [-0.39, 0.29) is 5.82 Å². The Bertz CT molecular complexity index is 942. The lowest BCUT2D eigenvalue weighted by molar-refractivity contribution is 0.628. The van der Waals surface area contributed by atoms with Gasteiger partial charge in [-0.2, -0.15) is 0 Å². The Morgan fingerprint density at radius 1 is 0.818 bits per heavy atom. The summed E-state index contributed by atoms with van der Waals surface area (Å²) in [5, 5.41) is 0.993. The van der Waals surface area contributed by atoms with Crippen LogP contribution in [0.1, 0.15) is 0 Å². The van der Waals surface area contributed by atoms with E-state index in [2.05, 4.69) is 28.2 Å². The third kappa shape index (κ3) is 2.17. The van der Waals surface area contributed by atoms with Gasteiger partial charge in [0.15, 0.2) is 0 Å². The zero-order chi connectivity index (χ0) is 14.9. The Labute approximate surface area is 127 Å². The highest BCUT2D eigenvalue weighted by Crippen LogP contribution is 2.31. The summed E-state index contributed by atoms with van der Waals surface area (Å²) < 4.78 is 13.5. The lowest BCUT2D eigenvalue weighted by Gasteiger charge is -2.03. The van der Waals surface area contributed by atoms with Crippen LogP contribution < -0.4 is 0 Å². The molecule has 1 N–H and O–H groups in total. The fraction of sp³-hybridized carbons (Fsp3) is 0. The summed E-state index contributed by atoms with van der Waals surface area (Å²) in [6.45, 7) is 0. The first kappa shape index (κ1) is 12.8. The Morgan fingerprint density at radius 2 is 1.64 bits per heavy atom. The van der Waals surface area contributed by atoms with Crippen LogP contribution in [0, 0.1) is 5.82 Å². The Morgan fingerprint density at radius 3 is 2.45 bits per heavy atom. The number of aromatic nitrogens is 2. The summed E-state index contributed by atoms with van der Waals surface area (Å²) in [7, 11) is 0. The van der Waals surface area contributed by atoms with Crippen molar-refractivity contribution in [2.75, 3.05) is 0 Å². The lowest BCUT2D eigenvalue weighted by Crippen LogP contribution is -1.83. The minimum atomic E-state index is -0.237. The molecule has 4 rings (SSSR count). The first-order valence-electron chi connectivity index (χ1n) is 7.10. The van der Waals surface area contributed by atoms with E-state index in [1.54, 1.807) is 6.07 Å². The van der Waals surface area contributed by atoms with Gasteiger partial charge in [0, 0.05) is 28.9 Å². The lowest BCUT2D eigenvalue weighted by atomic mass is 10.0. The number of rotatable bonds is 2. The summed E-state index contributed by atoms with van der Waals surface area (Å²) in [5.74, 6) is -0.237. The van der Waals surface area contributed by atoms with Crippen LogP contribution in [-0.2, 0) is 0 Å². The van der Waals surface area contributed by atoms with Gasteiger partial charge in [0.1, 0.15) is 11.5 Å². The van der Waals surface area contributed by atoms with Gasteiger partial charge < -0.3 is 4.98 Å². The van der Waals surface area contributed by atoms with Crippen LogP contribution in [-0.4, -0.2) is 9.97 Å². The van der Waals surface area contributed by atoms with Crippen LogP contribution in [0.2, 0.25) is 0 Å². The van der Waals surface area contributed by atoms with E-state index in [9.17, 15) is 4.39 Å². The molecule has 0 saturated carbocycles. The molecule has 0 fully saturated rings. The molecule has 2 nitrogen and oxygen atoms in total. The molecule has 3 heteroatoms. The first-order chi connectivity index (χ1) is 10.8. The number of hydrogen-bond donors (Lipinski definition) is 1. The van der Waals surface area contributed by atoms with Crippen molar-refractivity contribution < 1.29 is 4.39 Å². The number of aromatic amines is 1. The SMILES string of the molecule is Fc1cccc(-c2c[nH]c3ncc(-c4ccccc4)cc23)c1. The molecule has 0 bridgehead atoms. The molecule has 0 saturated heterocycles. The maximum atomic E-state index is 13.5. The van der Waals surface area contributed by atoms with Gasteiger partial charge in [0.25, 0.3) is 0 Å². The number of pyridine rings is 1. The molecule has 0 amide bonds. The number of benzene rings is 2. The average Bonchev–Trinajstić information content (AvgIpc) is 2.99. The summed E-state index contributed by atoms with van der Waals surface area (Å²) in [4.78, 5) is 7.63. The fourth-order valence-electron chi connectivity index (χ4n) is 2.69. The summed E-state index contributed by atoms with van der Waals surface area (Å²) in [6, 6.07) is 18.8. The van der Waals surface area contributed by atoms with Crippen molar-refractivity contribution in [3.63, 3.8) is 0 Å². The normalized spacial score (nSPS) is 11.0. The van der Waals surface area contributed by atoms with Crippen molar-refractivity contribution in [2.24, 2.45) is 0 Å². The summed E-state index contributed by atoms with van der Waals surface area (Å²) >= 11 is 0. The molecule has 0 spiro atoms. The molecule has 4 aromatic rings. The van der Waals surface area contributed by atoms with Crippen LogP contribution in [0.25, 0.3) is 33.3 Å². The second kappa shape index (κ2) is 5.11. The van der Waals surface area contributed by atoms with E-state index in [1.165, 1.54) is 12.1 Å². The average molecular weight is 288 g/mol. The highest BCUT2D eigenvalue weighted by Gasteiger charge is 2.09. The van der Waals surface area contributed by atoms with E-state index >= 15 is 0 Å². The molecular formula is C19H13FN2. The van der Waals surface area contributed by atoms with Crippen LogP contribution in [0.4, 0.5) is 4.39 Å². The summed E-state index contributed by atoms with van der Waals surface area (Å²) in [6.07, 6.45) is 3.73. The van der Waals surface area contributed by atoms with E-state index in [0.717, 1.165) is 33.3 Å². The van der Waals surface area contributed by atoms with Crippen molar-refractivity contribution in [3.8, 4) is 22.3 Å². The number of nitrogens with zero attached hydrogens (tertiary/aromatic N) is 1. The van der Waals surface area contributed by atoms with Gasteiger partial charge in [-0.25, -0.2) is 9.37 Å². The minimum Gasteiger partial charge on any atom is -0.346 e. The molecule has 106 valence electrons. The molecule has 22 heavy (non-hydrogen) atoms. The zero-order valence-corrected chi connectivity index (χ0v) is 11.8. The van der Waals surface area contributed by atoms with E-state index in [4.69, 9.17) is 0 Å². The highest BCUT2D eigenvalue weighted by atomic mass is 19.1. The van der Waals surface area contributed by atoms with Crippen molar-refractivity contribution in [2.45, 2.75) is 0 Å². The van der Waals surface area contributed by atoms with Gasteiger partial charge in [-0.15, -0.1) is 0 Å². The number of fused-ring (bicyclic) bond motifs is 1. The first-order valence-corrected chi connectivity index (χ1v) is 7.10. The molecule has 0 aliphatic carbocycles. The largest absolute Gasteiger partial charge is 0.346 e. The molecule has 0 radical (unpaired) electrons. The van der Waals surface area contributed by atoms with Gasteiger partial charge >= 0.3 is 0 Å². The van der Waals surface area contributed by atoms with Gasteiger partial charge in [0.2, 0.25) is 0 Å². The zero-order valence-electron chi connectivity index (χ0n) is 11.8. The number of halogens is 1. The number of hydrogen-bond acceptors (Lipinski definition) is 1. The number of nitrogens with one attached hydrogen (secondary N) is 1. The van der Waals surface area contributed by atoms with Gasteiger partial charge in [-0.3, -0.25) is 0 Å². The summed E-state index contributed by atoms with van der Waals surface area (Å²) in [5.41, 5.74) is 4.77. The Hall–Kier alpha value is -2.94. The van der Waals surface area contributed by atoms with Crippen molar-refractivity contribution in [3.05, 3.63) is 78.9 Å². The van der Waals surface area contributed by atoms with Crippen molar-refractivity contribution in [1.82, 2.24) is 9.97 Å². The molecular weight excluding hydrogens is 275 g/mol. The Balaban J connectivity index is 1.91. The standard InChI is InChI=1S/C19H13FN2/c20-16-8-4-7-14(9-16)18-12-22-19-17(18)10-15(11-21-19)13-5-2-1-3-6-13/h1-12H,(H,21,22). The smallest absolute Gasteiger partial charge is 0.137 e. The van der Waals surface area contributed by atoms with Gasteiger partial charge in [0.05, 0.1) is 0 Å². The Kier molecular flexibility index (Phi) is 2.97. The highest BCUT2D eigenvalue weighted by molar-refractivity contribution is 5.95. The molecule has 0 aliphatic rings. The molecule has 0 aliphatic heterocycles. The topological polar surface area (TPSA) is 28.7 Å². The van der Waals surface area contributed by atoms with Crippen molar-refractivity contribution in [1.29, 1.82) is 0 Å². The monoisotopic (exact) mass is 288 g/mol. The minimum absolute atomic E-state index is 0.237. The maximum Gasteiger partial charge on any atom is 0.137 e. The maximum absolute atomic E-state index is 13.5. The number of H-pyrrole nitrogens is 1. The third-order valence-electron chi connectivity index (χ3n) is 3.77. The van der Waals surface area contributed by atoms with Crippen LogP contribution in [0.3, 0.4) is 0 Å². The van der Waals surface area contributed by atoms with E-state index < -0.39 is 0 Å². The molecule has 2 aromatic heterocycles. The predicted molar refractivity (Wildman–Crippen MR) is 86.9 cm³/mol. The molecule has 2 heterocycles. The third-order valence-corrected chi connectivity index (χ3v) is 3.77. The van der Waals surface area contributed by atoms with Crippen LogP contribution in [0.15, 0.2) is 73.1 Å². The van der Waals surface area contributed by atoms with E-state index in [1.807, 2.05) is 36.7 Å². The predicted octanol–water partition coefficient (Wildman–Crippen LogP) is 5.04. The second-order valence-corrected chi connectivity index (χ2v) is 5.20. The molecule has 0 atom stereocenters. The molecule has 2 aromatic carbocycles. The van der Waals surface area contributed by atoms with Crippen LogP contribution >= 0.6 is 0 Å². The van der Waals surface area contributed by atoms with Crippen molar-refractivity contribution >= 4 is 11.0 Å². The second-order valence-electron chi connectivity index (χ2n) is 5.20. The van der Waals surface area contributed by atoms with Gasteiger partial charge in [-0.05, 0) is 29.3 Å². The molecule has 0 unspecified atom stereocenters. The van der Waals surface area contributed by atoms with Crippen LogP contribution in [0.5, 0.6) is 0 Å². The fourth-order valence-corrected chi connectivity index (χ4v) is 2.69. The van der Waals surface area contributed by atoms with E-state index in [0.29, 0.717) is 0 Å². The quantitative estimate of drug-likeness (QED) is 0.550. The van der Waals surface area contributed by atoms with Gasteiger partial charge in [-0.1, -0.05) is 42.5 Å².